The zero-order valence-corrected chi connectivity index (χ0v) is 16.2. The van der Waals surface area contributed by atoms with E-state index in [2.05, 4.69) is 10.6 Å². The number of anilines is 1. The monoisotopic (exact) mass is 402 g/mol. The predicted molar refractivity (Wildman–Crippen MR) is 113 cm³/mol. The molecule has 0 heterocycles. The van der Waals surface area contributed by atoms with E-state index in [0.29, 0.717) is 22.4 Å². The lowest BCUT2D eigenvalue weighted by Crippen LogP contribution is -2.30. The third-order valence-electron chi connectivity index (χ3n) is 4.26. The van der Waals surface area contributed by atoms with Crippen LogP contribution >= 0.6 is 0 Å². The minimum absolute atomic E-state index is 0.00824. The zero-order chi connectivity index (χ0) is 21.5. The quantitative estimate of drug-likeness (QED) is 0.473. The maximum Gasteiger partial charge on any atom is 0.272 e. The number of Topliss-reactive ketones (excluding diaryl/α,β-unsaturated/α-hetero) is 1. The zero-order valence-electron chi connectivity index (χ0n) is 16.2. The van der Waals surface area contributed by atoms with Gasteiger partial charge in [0.25, 0.3) is 11.8 Å². The van der Waals surface area contributed by atoms with Crippen molar-refractivity contribution in [3.8, 4) is 0 Å². The second kappa shape index (κ2) is 9.43. The fraction of sp³-hybridized carbons (Fsp3) is 0.0417. The molecule has 0 aliphatic heterocycles. The Balaban J connectivity index is 1.85. The molecule has 0 saturated carbocycles. The van der Waals surface area contributed by atoms with Gasteiger partial charge in [0, 0.05) is 16.8 Å². The van der Waals surface area contributed by atoms with Gasteiger partial charge in [0.05, 0.1) is 0 Å². The first kappa shape index (κ1) is 20.7. The largest absolute Gasteiger partial charge is 0.321 e. The molecule has 0 spiro atoms. The van der Waals surface area contributed by atoms with Crippen molar-refractivity contribution in [1.82, 2.24) is 5.32 Å². The molecule has 5 nitrogen and oxygen atoms in total. The van der Waals surface area contributed by atoms with Gasteiger partial charge in [-0.15, -0.1) is 0 Å². The summed E-state index contributed by atoms with van der Waals surface area (Å²) in [6.45, 7) is 1.45. The van der Waals surface area contributed by atoms with Crippen LogP contribution in [0, 0.1) is 5.82 Å². The van der Waals surface area contributed by atoms with Gasteiger partial charge in [-0.3, -0.25) is 14.4 Å². The molecule has 3 aromatic carbocycles. The normalized spacial score (nSPS) is 10.9. The fourth-order valence-electron chi connectivity index (χ4n) is 2.65. The summed E-state index contributed by atoms with van der Waals surface area (Å²) in [6.07, 6.45) is 1.46. The van der Waals surface area contributed by atoms with Crippen LogP contribution < -0.4 is 10.6 Å². The lowest BCUT2D eigenvalue weighted by Gasteiger charge is -2.12. The van der Waals surface area contributed by atoms with Crippen LogP contribution in [-0.4, -0.2) is 17.6 Å². The van der Waals surface area contributed by atoms with E-state index in [1.807, 2.05) is 0 Å². The molecule has 0 aliphatic rings. The number of nitrogens with one attached hydrogen (secondary N) is 2. The highest BCUT2D eigenvalue weighted by atomic mass is 19.1. The van der Waals surface area contributed by atoms with E-state index in [1.165, 1.54) is 37.3 Å². The Morgan fingerprint density at radius 2 is 1.43 bits per heavy atom. The maximum atomic E-state index is 13.2. The Kier molecular flexibility index (Phi) is 6.49. The molecular formula is C24H19FN2O3. The van der Waals surface area contributed by atoms with Gasteiger partial charge in [0.15, 0.2) is 5.78 Å². The van der Waals surface area contributed by atoms with E-state index in [-0.39, 0.29) is 11.5 Å². The summed E-state index contributed by atoms with van der Waals surface area (Å²) in [4.78, 5) is 36.8. The third kappa shape index (κ3) is 5.48. The van der Waals surface area contributed by atoms with E-state index >= 15 is 0 Å². The third-order valence-corrected chi connectivity index (χ3v) is 4.26. The van der Waals surface area contributed by atoms with Gasteiger partial charge in [-0.05, 0) is 67.1 Å². The Labute approximate surface area is 173 Å². The number of hydrogen-bond donors (Lipinski definition) is 2. The number of ketones is 1. The van der Waals surface area contributed by atoms with Crippen LogP contribution in [-0.2, 0) is 4.79 Å². The molecular weight excluding hydrogens is 383 g/mol. The van der Waals surface area contributed by atoms with Crippen LogP contribution in [0.3, 0.4) is 0 Å². The average Bonchev–Trinajstić information content (AvgIpc) is 2.75. The minimum atomic E-state index is -0.556. The van der Waals surface area contributed by atoms with Crippen molar-refractivity contribution in [2.24, 2.45) is 0 Å². The molecule has 150 valence electrons. The van der Waals surface area contributed by atoms with Crippen LogP contribution in [0.1, 0.15) is 33.2 Å². The van der Waals surface area contributed by atoms with Crippen LogP contribution in [0.25, 0.3) is 6.08 Å². The average molecular weight is 402 g/mol. The summed E-state index contributed by atoms with van der Waals surface area (Å²) in [7, 11) is 0. The van der Waals surface area contributed by atoms with Gasteiger partial charge >= 0.3 is 0 Å². The maximum absolute atomic E-state index is 13.2. The number of hydrogen-bond acceptors (Lipinski definition) is 3. The van der Waals surface area contributed by atoms with Crippen LogP contribution in [0.15, 0.2) is 84.6 Å². The number of carbonyl (C=O) groups excluding carboxylic acids is 3. The van der Waals surface area contributed by atoms with Crippen molar-refractivity contribution in [3.05, 3.63) is 107 Å². The first-order chi connectivity index (χ1) is 14.4. The molecule has 6 heteroatoms. The second-order valence-corrected chi connectivity index (χ2v) is 6.52. The Morgan fingerprint density at radius 1 is 0.800 bits per heavy atom. The van der Waals surface area contributed by atoms with Crippen LogP contribution in [0.5, 0.6) is 0 Å². The summed E-state index contributed by atoms with van der Waals surface area (Å²) in [5.41, 5.74) is 1.91. The van der Waals surface area contributed by atoms with Crippen LogP contribution in [0.4, 0.5) is 10.1 Å². The summed E-state index contributed by atoms with van der Waals surface area (Å²) < 4.78 is 13.2. The lowest BCUT2D eigenvalue weighted by atomic mass is 10.1. The van der Waals surface area contributed by atoms with E-state index in [1.54, 1.807) is 54.6 Å². The molecule has 0 radical (unpaired) electrons. The SMILES string of the molecule is CC(=O)c1ccc(NC(=O)C(=Cc2ccc(F)cc2)NC(=O)c2ccccc2)cc1. The van der Waals surface area contributed by atoms with Crippen molar-refractivity contribution >= 4 is 29.4 Å². The summed E-state index contributed by atoms with van der Waals surface area (Å²) >= 11 is 0. The van der Waals surface area contributed by atoms with Crippen molar-refractivity contribution < 1.29 is 18.8 Å². The number of amides is 2. The molecule has 0 unspecified atom stereocenters. The fourth-order valence-corrected chi connectivity index (χ4v) is 2.65. The van der Waals surface area contributed by atoms with Gasteiger partial charge in [0.2, 0.25) is 0 Å². The smallest absolute Gasteiger partial charge is 0.272 e. The Bertz CT molecular complexity index is 1090. The molecule has 2 amide bonds. The van der Waals surface area contributed by atoms with Crippen molar-refractivity contribution in [3.63, 3.8) is 0 Å². The molecule has 30 heavy (non-hydrogen) atoms. The van der Waals surface area contributed by atoms with Gasteiger partial charge in [-0.1, -0.05) is 30.3 Å². The number of halogens is 1. The summed E-state index contributed by atoms with van der Waals surface area (Å²) in [6, 6.07) is 20.4. The molecule has 0 bridgehead atoms. The predicted octanol–water partition coefficient (Wildman–Crippen LogP) is 4.44. The van der Waals surface area contributed by atoms with Gasteiger partial charge < -0.3 is 10.6 Å². The lowest BCUT2D eigenvalue weighted by molar-refractivity contribution is -0.113. The van der Waals surface area contributed by atoms with E-state index in [0.717, 1.165) is 0 Å². The molecule has 0 aliphatic carbocycles. The molecule has 0 saturated heterocycles. The first-order valence-electron chi connectivity index (χ1n) is 9.18. The van der Waals surface area contributed by atoms with E-state index in [9.17, 15) is 18.8 Å². The number of carbonyl (C=O) groups is 3. The van der Waals surface area contributed by atoms with Gasteiger partial charge in [0.1, 0.15) is 11.5 Å². The number of rotatable bonds is 6. The summed E-state index contributed by atoms with van der Waals surface area (Å²) in [5.74, 6) is -1.50. The molecule has 2 N–H and O–H groups in total. The molecule has 0 fully saturated rings. The van der Waals surface area contributed by atoms with Gasteiger partial charge in [-0.25, -0.2) is 4.39 Å². The van der Waals surface area contributed by atoms with E-state index < -0.39 is 17.6 Å². The second-order valence-electron chi connectivity index (χ2n) is 6.52. The highest BCUT2D eigenvalue weighted by Crippen LogP contribution is 2.13. The highest BCUT2D eigenvalue weighted by molar-refractivity contribution is 6.10. The number of benzene rings is 3. The minimum Gasteiger partial charge on any atom is -0.321 e. The topological polar surface area (TPSA) is 75.3 Å². The van der Waals surface area contributed by atoms with Gasteiger partial charge in [-0.2, -0.15) is 0 Å². The van der Waals surface area contributed by atoms with Crippen molar-refractivity contribution in [1.29, 1.82) is 0 Å². The highest BCUT2D eigenvalue weighted by Gasteiger charge is 2.15. The Morgan fingerprint density at radius 3 is 2.03 bits per heavy atom. The molecule has 0 aromatic heterocycles. The molecule has 0 atom stereocenters. The van der Waals surface area contributed by atoms with Crippen molar-refractivity contribution in [2.45, 2.75) is 6.92 Å². The Hall–Kier alpha value is -4.06. The van der Waals surface area contributed by atoms with Crippen LogP contribution in [0.2, 0.25) is 0 Å². The molecule has 3 rings (SSSR count). The van der Waals surface area contributed by atoms with Crippen molar-refractivity contribution in [2.75, 3.05) is 5.32 Å². The summed E-state index contributed by atoms with van der Waals surface area (Å²) in [5, 5.41) is 5.30. The first-order valence-corrected chi connectivity index (χ1v) is 9.18. The molecule has 3 aromatic rings. The standard InChI is InChI=1S/C24H19FN2O3/c1-16(28)18-9-13-21(14-10-18)26-24(30)22(15-17-7-11-20(25)12-8-17)27-23(29)19-5-3-2-4-6-19/h2-15H,1H3,(H,26,30)(H,27,29). The van der Waals surface area contributed by atoms with E-state index in [4.69, 9.17) is 0 Å².